The Morgan fingerprint density at radius 3 is 3.08 bits per heavy atom. The van der Waals surface area contributed by atoms with Crippen LogP contribution < -0.4 is 5.32 Å². The summed E-state index contributed by atoms with van der Waals surface area (Å²) in [6.07, 6.45) is 2.20. The van der Waals surface area contributed by atoms with E-state index in [1.807, 2.05) is 0 Å². The summed E-state index contributed by atoms with van der Waals surface area (Å²) in [5.74, 6) is -0.109. The van der Waals surface area contributed by atoms with Crippen molar-refractivity contribution in [2.75, 3.05) is 13.2 Å². The minimum absolute atomic E-state index is 0.109. The molecule has 0 aromatic heterocycles. The Labute approximate surface area is 85.8 Å². The Hall–Kier alpha value is -0.460. The van der Waals surface area contributed by atoms with Gasteiger partial charge in [-0.1, -0.05) is 24.0 Å². The van der Waals surface area contributed by atoms with E-state index in [9.17, 15) is 4.79 Å². The number of thioether (sulfide) groups is 1. The lowest BCUT2D eigenvalue weighted by Crippen LogP contribution is -2.24. The number of aliphatic hydroxyl groups is 1. The molecule has 1 aliphatic rings. The molecular weight excluding hydrogens is 208 g/mol. The van der Waals surface area contributed by atoms with Crippen LogP contribution in [0.4, 0.5) is 0 Å². The van der Waals surface area contributed by atoms with Crippen molar-refractivity contribution in [3.8, 4) is 0 Å². The second-order valence-electron chi connectivity index (χ2n) is 2.45. The molecule has 1 atom stereocenters. The zero-order valence-corrected chi connectivity index (χ0v) is 8.53. The number of thiocarbonyl (C=S) groups is 1. The first-order chi connectivity index (χ1) is 6.24. The van der Waals surface area contributed by atoms with Gasteiger partial charge < -0.3 is 10.4 Å². The molecule has 0 aromatic rings. The Morgan fingerprint density at radius 1 is 1.77 bits per heavy atom. The van der Waals surface area contributed by atoms with Crippen LogP contribution in [0.1, 0.15) is 6.42 Å². The summed E-state index contributed by atoms with van der Waals surface area (Å²) in [6.45, 7) is 0.674. The van der Waals surface area contributed by atoms with Crippen molar-refractivity contribution in [2.45, 2.75) is 11.7 Å². The summed E-state index contributed by atoms with van der Waals surface area (Å²) in [7, 11) is 0. The topological polar surface area (TPSA) is 61.7 Å². The first-order valence-corrected chi connectivity index (χ1v) is 5.15. The highest BCUT2D eigenvalue weighted by molar-refractivity contribution is 8.24. The number of amides is 1. The molecule has 0 radical (unpaired) electrons. The molecule has 1 rings (SSSR count). The molecule has 1 amide bonds. The van der Waals surface area contributed by atoms with Crippen LogP contribution in [-0.4, -0.2) is 40.0 Å². The van der Waals surface area contributed by atoms with Gasteiger partial charge in [-0.3, -0.25) is 9.79 Å². The van der Waals surface area contributed by atoms with Crippen LogP contribution >= 0.6 is 24.0 Å². The quantitative estimate of drug-likeness (QED) is 0.395. The molecule has 1 fully saturated rings. The monoisotopic (exact) mass is 218 g/mol. The highest BCUT2D eigenvalue weighted by atomic mass is 32.2. The molecule has 0 saturated carbocycles. The van der Waals surface area contributed by atoms with E-state index >= 15 is 0 Å². The van der Waals surface area contributed by atoms with Crippen molar-refractivity contribution in [3.63, 3.8) is 0 Å². The third kappa shape index (κ3) is 3.41. The molecule has 0 aromatic carbocycles. The van der Waals surface area contributed by atoms with E-state index in [4.69, 9.17) is 17.3 Å². The van der Waals surface area contributed by atoms with Crippen LogP contribution in [0.2, 0.25) is 0 Å². The van der Waals surface area contributed by atoms with Gasteiger partial charge in [0.2, 0.25) is 5.91 Å². The number of rotatable bonds is 4. The Morgan fingerprint density at radius 2 is 2.54 bits per heavy atom. The van der Waals surface area contributed by atoms with Gasteiger partial charge in [-0.2, -0.15) is 0 Å². The molecule has 72 valence electrons. The van der Waals surface area contributed by atoms with Crippen molar-refractivity contribution in [2.24, 2.45) is 4.99 Å². The second-order valence-corrected chi connectivity index (χ2v) is 4.27. The van der Waals surface area contributed by atoms with Gasteiger partial charge in [-0.05, 0) is 6.42 Å². The Kier molecular flexibility index (Phi) is 4.34. The van der Waals surface area contributed by atoms with E-state index in [1.54, 1.807) is 6.21 Å². The molecule has 0 aliphatic carbocycles. The van der Waals surface area contributed by atoms with Crippen molar-refractivity contribution < 1.29 is 9.90 Å². The van der Waals surface area contributed by atoms with E-state index in [0.717, 1.165) is 0 Å². The highest BCUT2D eigenvalue weighted by Gasteiger charge is 2.26. The van der Waals surface area contributed by atoms with Crippen molar-refractivity contribution in [3.05, 3.63) is 0 Å². The van der Waals surface area contributed by atoms with Gasteiger partial charge in [-0.15, -0.1) is 0 Å². The predicted molar refractivity (Wildman–Crippen MR) is 57.2 cm³/mol. The van der Waals surface area contributed by atoms with Crippen LogP contribution in [0.25, 0.3) is 0 Å². The van der Waals surface area contributed by atoms with Gasteiger partial charge in [0, 0.05) is 19.4 Å². The van der Waals surface area contributed by atoms with Crippen molar-refractivity contribution in [1.82, 2.24) is 5.32 Å². The Bertz CT molecular complexity index is 243. The average molecular weight is 218 g/mol. The first-order valence-electron chi connectivity index (χ1n) is 3.86. The third-order valence-corrected chi connectivity index (χ3v) is 2.70. The lowest BCUT2D eigenvalue weighted by Gasteiger charge is -1.95. The van der Waals surface area contributed by atoms with E-state index in [0.29, 0.717) is 17.3 Å². The molecule has 0 spiro atoms. The number of hydrogen-bond donors (Lipinski definition) is 2. The molecule has 1 unspecified atom stereocenters. The van der Waals surface area contributed by atoms with Crippen LogP contribution in [-0.2, 0) is 4.79 Å². The number of carbonyl (C=O) groups is 1. The second kappa shape index (κ2) is 5.31. The summed E-state index contributed by atoms with van der Waals surface area (Å²) >= 11 is 6.09. The van der Waals surface area contributed by atoms with Crippen LogP contribution in [0, 0.1) is 0 Å². The maximum Gasteiger partial charge on any atom is 0.244 e. The SMILES string of the molecule is O=C1NC(=S)SC1C=NCCCO. The minimum Gasteiger partial charge on any atom is -0.396 e. The zero-order chi connectivity index (χ0) is 9.68. The van der Waals surface area contributed by atoms with E-state index < -0.39 is 0 Å². The summed E-state index contributed by atoms with van der Waals surface area (Å²) in [5.41, 5.74) is 0. The maximum atomic E-state index is 11.1. The number of carbonyl (C=O) groups excluding carboxylic acids is 1. The molecule has 1 heterocycles. The molecular formula is C7H10N2O2S2. The van der Waals surface area contributed by atoms with Gasteiger partial charge in [0.1, 0.15) is 9.57 Å². The molecule has 13 heavy (non-hydrogen) atoms. The van der Waals surface area contributed by atoms with Gasteiger partial charge in [0.25, 0.3) is 0 Å². The number of hydrogen-bond acceptors (Lipinski definition) is 5. The molecule has 0 bridgehead atoms. The molecule has 4 nitrogen and oxygen atoms in total. The van der Waals surface area contributed by atoms with Gasteiger partial charge in [0.05, 0.1) is 0 Å². The van der Waals surface area contributed by atoms with Crippen LogP contribution in [0.15, 0.2) is 4.99 Å². The molecule has 6 heteroatoms. The van der Waals surface area contributed by atoms with Gasteiger partial charge in [0.15, 0.2) is 0 Å². The van der Waals surface area contributed by atoms with Crippen molar-refractivity contribution >= 4 is 40.4 Å². The van der Waals surface area contributed by atoms with Gasteiger partial charge >= 0.3 is 0 Å². The molecule has 1 aliphatic heterocycles. The summed E-state index contributed by atoms with van der Waals surface area (Å²) < 4.78 is 0.503. The summed E-state index contributed by atoms with van der Waals surface area (Å²) in [5, 5.41) is 10.7. The lowest BCUT2D eigenvalue weighted by atomic mass is 10.4. The first kappa shape index (κ1) is 10.6. The summed E-state index contributed by atoms with van der Waals surface area (Å²) in [4.78, 5) is 15.1. The van der Waals surface area contributed by atoms with Crippen LogP contribution in [0.3, 0.4) is 0 Å². The fourth-order valence-electron chi connectivity index (χ4n) is 0.800. The minimum atomic E-state index is -0.286. The fraction of sp³-hybridized carbons (Fsp3) is 0.571. The fourth-order valence-corrected chi connectivity index (χ4v) is 1.92. The highest BCUT2D eigenvalue weighted by Crippen LogP contribution is 2.17. The number of nitrogens with zero attached hydrogens (tertiary/aromatic N) is 1. The number of aliphatic imine (C=N–C) groups is 1. The smallest absolute Gasteiger partial charge is 0.244 e. The van der Waals surface area contributed by atoms with E-state index in [1.165, 1.54) is 11.8 Å². The number of nitrogens with one attached hydrogen (secondary N) is 1. The zero-order valence-electron chi connectivity index (χ0n) is 6.90. The predicted octanol–water partition coefficient (Wildman–Crippen LogP) is -0.0439. The summed E-state index contributed by atoms with van der Waals surface area (Å²) in [6, 6.07) is 0. The van der Waals surface area contributed by atoms with Gasteiger partial charge in [-0.25, -0.2) is 0 Å². The average Bonchev–Trinajstić information content (AvgIpc) is 2.39. The Balaban J connectivity index is 2.32. The van der Waals surface area contributed by atoms with Crippen LogP contribution in [0.5, 0.6) is 0 Å². The number of aliphatic hydroxyl groups excluding tert-OH is 1. The standard InChI is InChI=1S/C7H10N2O2S2/c10-3-1-2-8-4-5-6(11)9-7(12)13-5/h4-5,10H,1-3H2,(H,9,11,12). The van der Waals surface area contributed by atoms with E-state index in [2.05, 4.69) is 10.3 Å². The third-order valence-electron chi connectivity index (χ3n) is 1.40. The van der Waals surface area contributed by atoms with E-state index in [-0.39, 0.29) is 17.8 Å². The molecule has 1 saturated heterocycles. The lowest BCUT2D eigenvalue weighted by molar-refractivity contribution is -0.117. The largest absolute Gasteiger partial charge is 0.396 e. The maximum absolute atomic E-state index is 11.1. The normalized spacial score (nSPS) is 22.7. The molecule has 2 N–H and O–H groups in total. The van der Waals surface area contributed by atoms with Crippen molar-refractivity contribution in [1.29, 1.82) is 0 Å².